The van der Waals surface area contributed by atoms with Crippen LogP contribution in [0.3, 0.4) is 0 Å². The molecule has 0 saturated heterocycles. The van der Waals surface area contributed by atoms with E-state index < -0.39 is 0 Å². The standard InChI is InChI=1S/C19H13NO4S3/c1-20-18(21)10-7-26-17(12(10)19(20)22)11-6-9-14(24-3)15-8(4-5-25-15)13(23-2)16(9)27-11/h4-7H,1-3H3. The van der Waals surface area contributed by atoms with E-state index in [1.54, 1.807) is 42.3 Å². The van der Waals surface area contributed by atoms with Crippen molar-refractivity contribution in [3.05, 3.63) is 34.0 Å². The summed E-state index contributed by atoms with van der Waals surface area (Å²) in [5, 5.41) is 5.76. The number of rotatable bonds is 3. The lowest BCUT2D eigenvalue weighted by molar-refractivity contribution is 0.0693. The van der Waals surface area contributed by atoms with Gasteiger partial charge >= 0.3 is 0 Å². The van der Waals surface area contributed by atoms with E-state index >= 15 is 0 Å². The predicted molar refractivity (Wildman–Crippen MR) is 110 cm³/mol. The van der Waals surface area contributed by atoms with E-state index in [0.29, 0.717) is 11.1 Å². The maximum absolute atomic E-state index is 12.5. The van der Waals surface area contributed by atoms with Crippen molar-refractivity contribution in [2.75, 3.05) is 21.3 Å². The van der Waals surface area contributed by atoms with Crippen LogP contribution < -0.4 is 9.47 Å². The van der Waals surface area contributed by atoms with Crippen LogP contribution in [0, 0.1) is 0 Å². The molecule has 0 radical (unpaired) electrons. The molecule has 1 aliphatic rings. The Morgan fingerprint density at radius 3 is 2.44 bits per heavy atom. The molecule has 0 unspecified atom stereocenters. The van der Waals surface area contributed by atoms with Crippen molar-refractivity contribution >= 4 is 66.0 Å². The van der Waals surface area contributed by atoms with Crippen LogP contribution in [0.1, 0.15) is 20.7 Å². The number of methoxy groups -OCH3 is 2. The number of carbonyl (C=O) groups excluding carboxylic acids is 2. The zero-order valence-electron chi connectivity index (χ0n) is 14.6. The normalized spacial score (nSPS) is 13.8. The highest BCUT2D eigenvalue weighted by Crippen LogP contribution is 2.51. The lowest BCUT2D eigenvalue weighted by Gasteiger charge is -2.08. The third-order valence-electron chi connectivity index (χ3n) is 4.78. The SMILES string of the molecule is COc1c2cc(-c3scc4c3C(=O)N(C)C4=O)sc2c(OC)c2ccsc12. The monoisotopic (exact) mass is 415 g/mol. The van der Waals surface area contributed by atoms with Crippen molar-refractivity contribution < 1.29 is 19.1 Å². The number of hydrogen-bond donors (Lipinski definition) is 0. The van der Waals surface area contributed by atoms with Gasteiger partial charge in [-0.05, 0) is 17.5 Å². The second-order valence-corrected chi connectivity index (χ2v) is 8.95. The van der Waals surface area contributed by atoms with Crippen molar-refractivity contribution in [1.29, 1.82) is 0 Å². The minimum Gasteiger partial charge on any atom is -0.495 e. The van der Waals surface area contributed by atoms with E-state index in [4.69, 9.17) is 9.47 Å². The number of benzene rings is 1. The Kier molecular flexibility index (Phi) is 3.59. The zero-order chi connectivity index (χ0) is 18.9. The molecule has 0 spiro atoms. The van der Waals surface area contributed by atoms with Gasteiger partial charge in [0.2, 0.25) is 0 Å². The summed E-state index contributed by atoms with van der Waals surface area (Å²) in [6, 6.07) is 4.06. The van der Waals surface area contributed by atoms with Gasteiger partial charge in [-0.25, -0.2) is 0 Å². The molecule has 5 nitrogen and oxygen atoms in total. The number of carbonyl (C=O) groups is 2. The van der Waals surface area contributed by atoms with Gasteiger partial charge in [-0.3, -0.25) is 14.5 Å². The molecule has 1 aliphatic heterocycles. The van der Waals surface area contributed by atoms with Crippen LogP contribution in [-0.2, 0) is 0 Å². The largest absolute Gasteiger partial charge is 0.495 e. The first-order chi connectivity index (χ1) is 13.1. The summed E-state index contributed by atoms with van der Waals surface area (Å²) in [4.78, 5) is 27.7. The van der Waals surface area contributed by atoms with Crippen molar-refractivity contribution in [1.82, 2.24) is 4.90 Å². The molecule has 4 aromatic rings. The van der Waals surface area contributed by atoms with Gasteiger partial charge in [0.05, 0.1) is 39.6 Å². The molecule has 136 valence electrons. The molecular weight excluding hydrogens is 402 g/mol. The Morgan fingerprint density at radius 1 is 0.963 bits per heavy atom. The summed E-state index contributed by atoms with van der Waals surface area (Å²) in [6.45, 7) is 0. The Balaban J connectivity index is 1.82. The second-order valence-electron chi connectivity index (χ2n) is 6.11. The number of hydrogen-bond acceptors (Lipinski definition) is 7. The maximum atomic E-state index is 12.5. The lowest BCUT2D eigenvalue weighted by atomic mass is 10.1. The van der Waals surface area contributed by atoms with Gasteiger partial charge in [-0.1, -0.05) is 0 Å². The highest BCUT2D eigenvalue weighted by Gasteiger charge is 2.37. The molecule has 8 heteroatoms. The third kappa shape index (κ3) is 2.08. The van der Waals surface area contributed by atoms with Crippen LogP contribution in [0.5, 0.6) is 11.5 Å². The first kappa shape index (κ1) is 16.7. The Hall–Kier alpha value is -2.42. The molecule has 5 rings (SSSR count). The number of thiophene rings is 3. The van der Waals surface area contributed by atoms with Gasteiger partial charge in [0, 0.05) is 28.1 Å². The fourth-order valence-corrected chi connectivity index (χ4v) is 6.78. The molecule has 0 aliphatic carbocycles. The smallest absolute Gasteiger partial charge is 0.262 e. The van der Waals surface area contributed by atoms with E-state index in [1.165, 1.54) is 23.3 Å². The van der Waals surface area contributed by atoms with Crippen LogP contribution in [0.4, 0.5) is 0 Å². The van der Waals surface area contributed by atoms with E-state index in [9.17, 15) is 9.59 Å². The Morgan fingerprint density at radius 2 is 1.70 bits per heavy atom. The summed E-state index contributed by atoms with van der Waals surface area (Å²) in [5.74, 6) is 1.13. The molecule has 0 saturated carbocycles. The van der Waals surface area contributed by atoms with Gasteiger partial charge in [0.1, 0.15) is 11.5 Å². The van der Waals surface area contributed by atoms with Gasteiger partial charge in [0.25, 0.3) is 11.8 Å². The van der Waals surface area contributed by atoms with Gasteiger partial charge in [-0.2, -0.15) is 0 Å². The topological polar surface area (TPSA) is 55.8 Å². The first-order valence-corrected chi connectivity index (χ1v) is 10.6. The van der Waals surface area contributed by atoms with Crippen LogP contribution >= 0.6 is 34.0 Å². The molecule has 0 atom stereocenters. The molecule has 0 fully saturated rings. The molecule has 0 N–H and O–H groups in total. The first-order valence-electron chi connectivity index (χ1n) is 8.05. The molecule has 27 heavy (non-hydrogen) atoms. The van der Waals surface area contributed by atoms with Crippen molar-refractivity contribution in [2.45, 2.75) is 0 Å². The quantitative estimate of drug-likeness (QED) is 0.438. The van der Waals surface area contributed by atoms with Crippen LogP contribution in [-0.4, -0.2) is 38.0 Å². The summed E-state index contributed by atoms with van der Waals surface area (Å²) in [7, 11) is 4.85. The maximum Gasteiger partial charge on any atom is 0.262 e. The average Bonchev–Trinajstić information content (AvgIpc) is 3.42. The molecule has 1 aromatic carbocycles. The van der Waals surface area contributed by atoms with Crippen molar-refractivity contribution in [3.8, 4) is 21.3 Å². The summed E-state index contributed by atoms with van der Waals surface area (Å²) < 4.78 is 13.4. The zero-order valence-corrected chi connectivity index (χ0v) is 17.1. The average molecular weight is 416 g/mol. The van der Waals surface area contributed by atoms with Crippen molar-refractivity contribution in [3.63, 3.8) is 0 Å². The fourth-order valence-electron chi connectivity index (χ4n) is 3.50. The number of ether oxygens (including phenoxy) is 2. The third-order valence-corrected chi connectivity index (χ3v) is 7.98. The van der Waals surface area contributed by atoms with E-state index in [-0.39, 0.29) is 11.8 Å². The number of imide groups is 1. The lowest BCUT2D eigenvalue weighted by Crippen LogP contribution is -2.24. The van der Waals surface area contributed by atoms with Crippen LogP contribution in [0.15, 0.2) is 22.9 Å². The van der Waals surface area contributed by atoms with Crippen LogP contribution in [0.2, 0.25) is 0 Å². The number of nitrogens with zero attached hydrogens (tertiary/aromatic N) is 1. The van der Waals surface area contributed by atoms with Gasteiger partial charge in [0.15, 0.2) is 0 Å². The minimum atomic E-state index is -0.247. The molecule has 4 heterocycles. The van der Waals surface area contributed by atoms with E-state index in [1.807, 2.05) is 17.5 Å². The van der Waals surface area contributed by atoms with Gasteiger partial charge in [-0.15, -0.1) is 34.0 Å². The number of fused-ring (bicyclic) bond motifs is 3. The highest BCUT2D eigenvalue weighted by molar-refractivity contribution is 7.26. The molecule has 0 bridgehead atoms. The molecule has 3 aromatic heterocycles. The molecule has 2 amide bonds. The Labute approximate surface area is 166 Å². The predicted octanol–water partition coefficient (Wildman–Crippen LogP) is 5.09. The van der Waals surface area contributed by atoms with Crippen molar-refractivity contribution in [2.24, 2.45) is 0 Å². The highest BCUT2D eigenvalue weighted by atomic mass is 32.1. The fraction of sp³-hybridized carbons (Fsp3) is 0.158. The summed E-state index contributed by atoms with van der Waals surface area (Å²) in [6.07, 6.45) is 0. The Bertz CT molecular complexity index is 1210. The molecular formula is C19H13NO4S3. The summed E-state index contributed by atoms with van der Waals surface area (Å²) >= 11 is 4.59. The summed E-state index contributed by atoms with van der Waals surface area (Å²) in [5.41, 5.74) is 0.985. The van der Waals surface area contributed by atoms with Gasteiger partial charge < -0.3 is 9.47 Å². The van der Waals surface area contributed by atoms with Crippen LogP contribution in [0.25, 0.3) is 29.9 Å². The number of amides is 2. The minimum absolute atomic E-state index is 0.241. The second kappa shape index (κ2) is 5.79. The van der Waals surface area contributed by atoms with E-state index in [2.05, 4.69) is 0 Å². The van der Waals surface area contributed by atoms with E-state index in [0.717, 1.165) is 41.4 Å².